The molecule has 1 saturated heterocycles. The SMILES string of the molecule is COC(=O)C(C)(C)F.COc1ccc(C23Cn4cc(C[NH3+])cc4C(=O)N2CCN3C(=O)c2conc2C)cc1. The molecule has 39 heavy (non-hydrogen) atoms. The number of fused-ring (bicyclic) bond motifs is 2. The lowest BCUT2D eigenvalue weighted by Gasteiger charge is -2.47. The number of amides is 2. The number of halogens is 1. The first kappa shape index (κ1) is 27.8. The Morgan fingerprint density at radius 2 is 1.90 bits per heavy atom. The van der Waals surface area contributed by atoms with Gasteiger partial charge in [-0.1, -0.05) is 17.3 Å². The van der Waals surface area contributed by atoms with Crippen LogP contribution in [-0.2, 0) is 28.3 Å². The van der Waals surface area contributed by atoms with Crippen molar-refractivity contribution in [2.45, 2.75) is 45.2 Å². The zero-order valence-electron chi connectivity index (χ0n) is 22.7. The van der Waals surface area contributed by atoms with Crippen molar-refractivity contribution in [3.63, 3.8) is 0 Å². The Morgan fingerprint density at radius 1 is 1.21 bits per heavy atom. The summed E-state index contributed by atoms with van der Waals surface area (Å²) in [7, 11) is 2.76. The van der Waals surface area contributed by atoms with Gasteiger partial charge >= 0.3 is 5.97 Å². The van der Waals surface area contributed by atoms with Crippen LogP contribution < -0.4 is 10.5 Å². The predicted molar refractivity (Wildman–Crippen MR) is 136 cm³/mol. The van der Waals surface area contributed by atoms with Crippen molar-refractivity contribution in [3.05, 3.63) is 70.9 Å². The lowest BCUT2D eigenvalue weighted by atomic mass is 9.93. The number of methoxy groups -OCH3 is 2. The molecule has 3 N–H and O–H groups in total. The van der Waals surface area contributed by atoms with Crippen LogP contribution in [0.1, 0.15) is 51.5 Å². The number of rotatable bonds is 5. The molecule has 1 aromatic carbocycles. The number of nitrogens with zero attached hydrogens (tertiary/aromatic N) is 4. The van der Waals surface area contributed by atoms with Crippen LogP contribution in [0.4, 0.5) is 4.39 Å². The van der Waals surface area contributed by atoms with Crippen LogP contribution in [0.25, 0.3) is 0 Å². The van der Waals surface area contributed by atoms with Gasteiger partial charge in [-0.2, -0.15) is 0 Å². The summed E-state index contributed by atoms with van der Waals surface area (Å²) in [6.45, 7) is 5.90. The van der Waals surface area contributed by atoms with E-state index in [9.17, 15) is 18.8 Å². The first-order chi connectivity index (χ1) is 18.5. The van der Waals surface area contributed by atoms with Crippen molar-refractivity contribution in [1.29, 1.82) is 0 Å². The average Bonchev–Trinajstić information content (AvgIpc) is 3.65. The topological polar surface area (TPSA) is 135 Å². The van der Waals surface area contributed by atoms with Gasteiger partial charge in [-0.3, -0.25) is 9.59 Å². The highest BCUT2D eigenvalue weighted by Crippen LogP contribution is 2.44. The summed E-state index contributed by atoms with van der Waals surface area (Å²) in [6.07, 6.45) is 3.32. The molecular weight excluding hydrogens is 509 g/mol. The molecule has 2 aliphatic rings. The van der Waals surface area contributed by atoms with Gasteiger partial charge in [0.1, 0.15) is 29.8 Å². The van der Waals surface area contributed by atoms with E-state index in [1.165, 1.54) is 6.26 Å². The number of hydrogen-bond donors (Lipinski definition) is 1. The smallest absolute Gasteiger partial charge is 0.343 e. The van der Waals surface area contributed by atoms with Gasteiger partial charge in [0, 0.05) is 30.4 Å². The number of ether oxygens (including phenoxy) is 2. The molecule has 1 fully saturated rings. The maximum atomic E-state index is 13.6. The van der Waals surface area contributed by atoms with Crippen LogP contribution in [0.15, 0.2) is 47.3 Å². The van der Waals surface area contributed by atoms with Crippen molar-refractivity contribution in [1.82, 2.24) is 19.5 Å². The van der Waals surface area contributed by atoms with E-state index in [2.05, 4.69) is 15.6 Å². The Labute approximate surface area is 225 Å². The fraction of sp³-hybridized carbons (Fsp3) is 0.407. The largest absolute Gasteiger partial charge is 0.497 e. The minimum Gasteiger partial charge on any atom is -0.497 e. The van der Waals surface area contributed by atoms with Crippen LogP contribution >= 0.6 is 0 Å². The summed E-state index contributed by atoms with van der Waals surface area (Å²) in [6, 6.07) is 9.43. The first-order valence-corrected chi connectivity index (χ1v) is 12.4. The molecule has 2 aliphatic heterocycles. The second kappa shape index (κ2) is 10.5. The molecule has 0 spiro atoms. The van der Waals surface area contributed by atoms with Gasteiger partial charge in [-0.15, -0.1) is 0 Å². The number of aromatic nitrogens is 2. The third-order valence-corrected chi connectivity index (χ3v) is 6.99. The number of alkyl halides is 1. The van der Waals surface area contributed by atoms with E-state index in [0.29, 0.717) is 48.9 Å². The van der Waals surface area contributed by atoms with E-state index < -0.39 is 17.3 Å². The Balaban J connectivity index is 0.000000386. The number of carbonyl (C=O) groups is 3. The van der Waals surface area contributed by atoms with Gasteiger partial charge in [-0.25, -0.2) is 9.18 Å². The number of carbonyl (C=O) groups excluding carboxylic acids is 3. The first-order valence-electron chi connectivity index (χ1n) is 12.4. The molecule has 11 nitrogen and oxygen atoms in total. The summed E-state index contributed by atoms with van der Waals surface area (Å²) in [5, 5.41) is 3.86. The maximum absolute atomic E-state index is 13.6. The molecular formula is C27H33FN5O6+. The molecule has 12 heteroatoms. The molecule has 2 amide bonds. The Bertz CT molecular complexity index is 1380. The second-order valence-electron chi connectivity index (χ2n) is 9.85. The molecule has 2 aromatic heterocycles. The minimum atomic E-state index is -1.85. The van der Waals surface area contributed by atoms with E-state index in [4.69, 9.17) is 9.26 Å². The van der Waals surface area contributed by atoms with E-state index in [0.717, 1.165) is 32.1 Å². The third-order valence-electron chi connectivity index (χ3n) is 6.99. The Kier molecular flexibility index (Phi) is 7.51. The van der Waals surface area contributed by atoms with Gasteiger partial charge in [0.2, 0.25) is 5.67 Å². The molecule has 4 heterocycles. The van der Waals surface area contributed by atoms with Crippen LogP contribution in [0.5, 0.6) is 5.75 Å². The van der Waals surface area contributed by atoms with Crippen LogP contribution in [0.3, 0.4) is 0 Å². The van der Waals surface area contributed by atoms with Crippen molar-refractivity contribution in [2.75, 3.05) is 27.3 Å². The number of aryl methyl sites for hydroxylation is 1. The van der Waals surface area contributed by atoms with Gasteiger partial charge in [-0.05, 0) is 39.0 Å². The van der Waals surface area contributed by atoms with Gasteiger partial charge in [0.05, 0.1) is 26.5 Å². The summed E-state index contributed by atoms with van der Waals surface area (Å²) >= 11 is 0. The lowest BCUT2D eigenvalue weighted by Crippen LogP contribution is -2.60. The van der Waals surface area contributed by atoms with E-state index in [-0.39, 0.29) is 11.8 Å². The van der Waals surface area contributed by atoms with E-state index >= 15 is 0 Å². The van der Waals surface area contributed by atoms with Crippen molar-refractivity contribution >= 4 is 17.8 Å². The fourth-order valence-corrected chi connectivity index (χ4v) is 4.97. The summed E-state index contributed by atoms with van der Waals surface area (Å²) in [5.41, 5.74) is 4.51. The number of quaternary nitrogens is 1. The molecule has 0 aliphatic carbocycles. The molecule has 0 saturated carbocycles. The Hall–Kier alpha value is -4.19. The van der Waals surface area contributed by atoms with Crippen molar-refractivity contribution < 1.29 is 38.5 Å². The molecule has 208 valence electrons. The van der Waals surface area contributed by atoms with Crippen LogP contribution in [0, 0.1) is 6.92 Å². The number of esters is 1. The van der Waals surface area contributed by atoms with Crippen LogP contribution in [-0.4, -0.2) is 70.3 Å². The highest BCUT2D eigenvalue weighted by atomic mass is 19.1. The highest BCUT2D eigenvalue weighted by Gasteiger charge is 2.56. The molecule has 1 unspecified atom stereocenters. The molecule has 0 radical (unpaired) electrons. The van der Waals surface area contributed by atoms with Gasteiger partial charge < -0.3 is 34.1 Å². The fourth-order valence-electron chi connectivity index (χ4n) is 4.97. The summed E-state index contributed by atoms with van der Waals surface area (Å²) in [5.74, 6) is -0.435. The Morgan fingerprint density at radius 3 is 2.41 bits per heavy atom. The predicted octanol–water partition coefficient (Wildman–Crippen LogP) is 1.91. The minimum absolute atomic E-state index is 0.0980. The van der Waals surface area contributed by atoms with E-state index in [1.807, 2.05) is 41.1 Å². The second-order valence-corrected chi connectivity index (χ2v) is 9.85. The number of benzene rings is 1. The molecule has 1 atom stereocenters. The quantitative estimate of drug-likeness (QED) is 0.487. The monoisotopic (exact) mass is 542 g/mol. The third kappa shape index (κ3) is 4.87. The zero-order valence-corrected chi connectivity index (χ0v) is 22.7. The van der Waals surface area contributed by atoms with Crippen molar-refractivity contribution in [3.8, 4) is 5.75 Å². The molecule has 5 rings (SSSR count). The molecule has 0 bridgehead atoms. The lowest BCUT2D eigenvalue weighted by molar-refractivity contribution is -0.386. The standard InChI is InChI=1S/C22H23N5O4.C5H9FO2/c1-14-18(12-31-24-14)20(28)26-7-8-27-21(29)19-9-15(10-23)11-25(19)13-22(26,27)16-3-5-17(30-2)6-4-16;1-5(2,6)4(7)8-3/h3-6,9,11-12H,7-8,10,13,23H2,1-2H3;1-3H3/p+1. The van der Waals surface area contributed by atoms with Crippen LogP contribution in [0.2, 0.25) is 0 Å². The zero-order chi connectivity index (χ0) is 28.5. The average molecular weight is 543 g/mol. The van der Waals surface area contributed by atoms with E-state index in [1.54, 1.807) is 23.8 Å². The summed E-state index contributed by atoms with van der Waals surface area (Å²) < 4.78 is 28.7. The maximum Gasteiger partial charge on any atom is 0.343 e. The molecule has 3 aromatic rings. The number of hydrogen-bond acceptors (Lipinski definition) is 7. The van der Waals surface area contributed by atoms with Gasteiger partial charge in [0.25, 0.3) is 11.8 Å². The summed E-state index contributed by atoms with van der Waals surface area (Å²) in [4.78, 5) is 41.0. The normalized spacial score (nSPS) is 18.2. The van der Waals surface area contributed by atoms with Gasteiger partial charge in [0.15, 0.2) is 5.66 Å². The van der Waals surface area contributed by atoms with Crippen molar-refractivity contribution in [2.24, 2.45) is 0 Å². The highest BCUT2D eigenvalue weighted by molar-refractivity contribution is 5.99.